The van der Waals surface area contributed by atoms with Crippen molar-refractivity contribution < 1.29 is 0 Å². The van der Waals surface area contributed by atoms with E-state index in [4.69, 9.17) is 11.6 Å². The molecule has 60 valence electrons. The van der Waals surface area contributed by atoms with E-state index in [-0.39, 0.29) is 0 Å². The third kappa shape index (κ3) is 1.14. The van der Waals surface area contributed by atoms with E-state index in [1.165, 1.54) is 5.56 Å². The summed E-state index contributed by atoms with van der Waals surface area (Å²) in [4.78, 5) is 8.20. The van der Waals surface area contributed by atoms with Crippen molar-refractivity contribution in [2.24, 2.45) is 0 Å². The number of nitrogens with zero attached hydrogens (tertiary/aromatic N) is 2. The molecule has 0 bridgehead atoms. The van der Waals surface area contributed by atoms with Crippen molar-refractivity contribution in [2.75, 3.05) is 0 Å². The van der Waals surface area contributed by atoms with Crippen molar-refractivity contribution in [3.05, 3.63) is 35.1 Å². The van der Waals surface area contributed by atoms with Crippen LogP contribution in [0.25, 0.3) is 11.0 Å². The second kappa shape index (κ2) is 2.72. The monoisotopic (exact) mass is 178 g/mol. The lowest BCUT2D eigenvalue weighted by Crippen LogP contribution is -1.85. The molecule has 2 aromatic rings. The smallest absolute Gasteiger partial charge is 0.161 e. The summed E-state index contributed by atoms with van der Waals surface area (Å²) in [5.74, 6) is 0. The molecule has 0 aliphatic carbocycles. The first-order chi connectivity index (χ1) is 5.77. The molecule has 0 fully saturated rings. The molecule has 0 aliphatic heterocycles. The van der Waals surface area contributed by atoms with Gasteiger partial charge in [-0.25, -0.2) is 9.97 Å². The quantitative estimate of drug-likeness (QED) is 0.580. The molecule has 0 atom stereocenters. The molecule has 0 spiro atoms. The van der Waals surface area contributed by atoms with Gasteiger partial charge >= 0.3 is 0 Å². The van der Waals surface area contributed by atoms with Gasteiger partial charge in [-0.2, -0.15) is 0 Å². The molecule has 2 rings (SSSR count). The summed E-state index contributed by atoms with van der Waals surface area (Å²) in [7, 11) is 0. The average molecular weight is 179 g/mol. The second-order valence-corrected chi connectivity index (χ2v) is 3.02. The predicted molar refractivity (Wildman–Crippen MR) is 49.3 cm³/mol. The zero-order valence-electron chi connectivity index (χ0n) is 6.58. The Morgan fingerprint density at radius 2 is 2.08 bits per heavy atom. The van der Waals surface area contributed by atoms with Gasteiger partial charge in [-0.3, -0.25) is 0 Å². The van der Waals surface area contributed by atoms with Crippen LogP contribution in [-0.2, 0) is 0 Å². The van der Waals surface area contributed by atoms with Crippen molar-refractivity contribution in [3.8, 4) is 0 Å². The number of fused-ring (bicyclic) bond motifs is 1. The number of pyridine rings is 2. The Kier molecular flexibility index (Phi) is 1.70. The van der Waals surface area contributed by atoms with Crippen molar-refractivity contribution in [1.29, 1.82) is 0 Å². The summed E-state index contributed by atoms with van der Waals surface area (Å²) >= 11 is 5.72. The van der Waals surface area contributed by atoms with Crippen molar-refractivity contribution in [2.45, 2.75) is 6.92 Å². The highest BCUT2D eigenvalue weighted by Gasteiger charge is 1.98. The highest BCUT2D eigenvalue weighted by Crippen LogP contribution is 2.15. The van der Waals surface area contributed by atoms with Crippen molar-refractivity contribution >= 4 is 22.6 Å². The fourth-order valence-corrected chi connectivity index (χ4v) is 1.28. The first-order valence-corrected chi connectivity index (χ1v) is 4.03. The molecule has 0 amide bonds. The third-order valence-corrected chi connectivity index (χ3v) is 2.00. The maximum Gasteiger partial charge on any atom is 0.161 e. The van der Waals surface area contributed by atoms with Gasteiger partial charge in [0, 0.05) is 11.6 Å². The summed E-state index contributed by atoms with van der Waals surface area (Å²) < 4.78 is 0. The number of hydrogen-bond donors (Lipinski definition) is 0. The van der Waals surface area contributed by atoms with E-state index in [2.05, 4.69) is 9.97 Å². The Morgan fingerprint density at radius 1 is 1.25 bits per heavy atom. The fourth-order valence-electron chi connectivity index (χ4n) is 1.14. The minimum atomic E-state index is 0.487. The van der Waals surface area contributed by atoms with E-state index in [1.807, 2.05) is 19.1 Å². The van der Waals surface area contributed by atoms with Gasteiger partial charge in [0.25, 0.3) is 0 Å². The van der Waals surface area contributed by atoms with Crippen LogP contribution in [-0.4, -0.2) is 9.97 Å². The van der Waals surface area contributed by atoms with E-state index in [1.54, 1.807) is 12.3 Å². The van der Waals surface area contributed by atoms with Gasteiger partial charge in [0.15, 0.2) is 5.65 Å². The van der Waals surface area contributed by atoms with Crippen LogP contribution in [0.2, 0.25) is 5.15 Å². The maximum absolute atomic E-state index is 5.72. The second-order valence-electron chi connectivity index (χ2n) is 2.63. The molecule has 0 saturated carbocycles. The normalized spacial score (nSPS) is 10.5. The van der Waals surface area contributed by atoms with Gasteiger partial charge in [-0.05, 0) is 30.7 Å². The highest BCUT2D eigenvalue weighted by molar-refractivity contribution is 6.29. The van der Waals surface area contributed by atoms with Gasteiger partial charge < -0.3 is 0 Å². The zero-order valence-corrected chi connectivity index (χ0v) is 7.34. The first kappa shape index (κ1) is 7.50. The zero-order chi connectivity index (χ0) is 8.55. The lowest BCUT2D eigenvalue weighted by atomic mass is 10.2. The van der Waals surface area contributed by atoms with Crippen molar-refractivity contribution in [1.82, 2.24) is 9.97 Å². The van der Waals surface area contributed by atoms with E-state index in [9.17, 15) is 0 Å². The standard InChI is InChI=1S/C9H7ClN2/c1-6-4-5-11-9-7(6)2-3-8(10)12-9/h2-5H,1H3. The molecule has 0 N–H and O–H groups in total. The van der Waals surface area contributed by atoms with Crippen LogP contribution in [0.5, 0.6) is 0 Å². The minimum Gasteiger partial charge on any atom is -0.237 e. The molecular formula is C9H7ClN2. The average Bonchev–Trinajstić information content (AvgIpc) is 2.04. The minimum absolute atomic E-state index is 0.487. The summed E-state index contributed by atoms with van der Waals surface area (Å²) in [6.45, 7) is 2.03. The van der Waals surface area contributed by atoms with Gasteiger partial charge in [0.2, 0.25) is 0 Å². The van der Waals surface area contributed by atoms with Crippen LogP contribution in [0, 0.1) is 6.92 Å². The molecule has 0 radical (unpaired) electrons. The van der Waals surface area contributed by atoms with Crippen LogP contribution in [0.1, 0.15) is 5.56 Å². The third-order valence-electron chi connectivity index (χ3n) is 1.79. The Bertz CT molecular complexity index is 426. The van der Waals surface area contributed by atoms with Gasteiger partial charge in [0.05, 0.1) is 0 Å². The number of aromatic nitrogens is 2. The highest BCUT2D eigenvalue weighted by atomic mass is 35.5. The number of rotatable bonds is 0. The molecule has 0 unspecified atom stereocenters. The molecular weight excluding hydrogens is 172 g/mol. The largest absolute Gasteiger partial charge is 0.237 e. The lowest BCUT2D eigenvalue weighted by Gasteiger charge is -1.98. The molecule has 2 aromatic heterocycles. The molecule has 3 heteroatoms. The molecule has 0 aromatic carbocycles. The summed E-state index contributed by atoms with van der Waals surface area (Å²) in [5.41, 5.74) is 1.88. The Labute approximate surface area is 75.2 Å². The summed E-state index contributed by atoms with van der Waals surface area (Å²) in [6.07, 6.45) is 1.74. The molecule has 0 aliphatic rings. The topological polar surface area (TPSA) is 25.8 Å². The predicted octanol–water partition coefficient (Wildman–Crippen LogP) is 2.59. The number of hydrogen-bond acceptors (Lipinski definition) is 2. The SMILES string of the molecule is Cc1ccnc2nc(Cl)ccc12. The van der Waals surface area contributed by atoms with Gasteiger partial charge in [-0.15, -0.1) is 0 Å². The molecule has 0 saturated heterocycles. The van der Waals surface area contributed by atoms with Crippen molar-refractivity contribution in [3.63, 3.8) is 0 Å². The summed E-state index contributed by atoms with van der Waals surface area (Å²) in [5, 5.41) is 1.54. The Morgan fingerprint density at radius 3 is 2.92 bits per heavy atom. The van der Waals surface area contributed by atoms with Crippen LogP contribution in [0.15, 0.2) is 24.4 Å². The van der Waals surface area contributed by atoms with E-state index >= 15 is 0 Å². The lowest BCUT2D eigenvalue weighted by molar-refractivity contribution is 1.27. The Balaban J connectivity index is 2.86. The summed E-state index contributed by atoms with van der Waals surface area (Å²) in [6, 6.07) is 5.67. The number of aryl methyl sites for hydroxylation is 1. The van der Waals surface area contributed by atoms with Crippen LogP contribution in [0.4, 0.5) is 0 Å². The van der Waals surface area contributed by atoms with E-state index in [0.717, 1.165) is 5.39 Å². The molecule has 2 nitrogen and oxygen atoms in total. The fraction of sp³-hybridized carbons (Fsp3) is 0.111. The molecule has 2 heterocycles. The van der Waals surface area contributed by atoms with Crippen LogP contribution in [0.3, 0.4) is 0 Å². The Hall–Kier alpha value is -1.15. The number of halogens is 1. The van der Waals surface area contributed by atoms with Gasteiger partial charge in [0.1, 0.15) is 5.15 Å². The molecule has 12 heavy (non-hydrogen) atoms. The van der Waals surface area contributed by atoms with Crippen LogP contribution < -0.4 is 0 Å². The van der Waals surface area contributed by atoms with Gasteiger partial charge in [-0.1, -0.05) is 11.6 Å². The first-order valence-electron chi connectivity index (χ1n) is 3.65. The van der Waals surface area contributed by atoms with E-state index < -0.39 is 0 Å². The van der Waals surface area contributed by atoms with Crippen LogP contribution >= 0.6 is 11.6 Å². The van der Waals surface area contributed by atoms with E-state index in [0.29, 0.717) is 10.8 Å². The maximum atomic E-state index is 5.72.